The number of amides is 3. The molecule has 1 aliphatic heterocycles. The highest BCUT2D eigenvalue weighted by molar-refractivity contribution is 9.10. The van der Waals surface area contributed by atoms with Crippen LogP contribution >= 0.6 is 15.9 Å². The van der Waals surface area contributed by atoms with E-state index >= 15 is 0 Å². The predicted molar refractivity (Wildman–Crippen MR) is 125 cm³/mol. The van der Waals surface area contributed by atoms with Crippen molar-refractivity contribution < 1.29 is 24.0 Å². The minimum Gasteiger partial charge on any atom is -0.493 e. The molecule has 2 heterocycles. The molecule has 1 fully saturated rings. The summed E-state index contributed by atoms with van der Waals surface area (Å²) in [5.41, 5.74) is 1.39. The Labute approximate surface area is 202 Å². The summed E-state index contributed by atoms with van der Waals surface area (Å²) in [6, 6.07) is 14.4. The van der Waals surface area contributed by atoms with Crippen LogP contribution in [0.2, 0.25) is 0 Å². The van der Waals surface area contributed by atoms with Crippen LogP contribution in [0, 0.1) is 10.1 Å². The number of nitro groups is 1. The second-order valence-corrected chi connectivity index (χ2v) is 8.05. The zero-order chi connectivity index (χ0) is 24.2. The van der Waals surface area contributed by atoms with Gasteiger partial charge in [0.05, 0.1) is 18.6 Å². The van der Waals surface area contributed by atoms with Gasteiger partial charge in [0.2, 0.25) is 5.88 Å². The van der Waals surface area contributed by atoms with Crippen molar-refractivity contribution in [2.75, 3.05) is 7.11 Å². The van der Waals surface area contributed by atoms with Gasteiger partial charge in [-0.05, 0) is 41.5 Å². The monoisotopic (exact) mass is 524 g/mol. The first kappa shape index (κ1) is 22.9. The molecule has 1 saturated heterocycles. The Morgan fingerprint density at radius 3 is 2.53 bits per heavy atom. The van der Waals surface area contributed by atoms with Crippen LogP contribution in [-0.4, -0.2) is 33.9 Å². The van der Waals surface area contributed by atoms with Gasteiger partial charge in [0.25, 0.3) is 11.6 Å². The number of halogens is 1. The maximum Gasteiger partial charge on any atom is 0.329 e. The normalized spacial score (nSPS) is 14.3. The lowest BCUT2D eigenvalue weighted by Crippen LogP contribution is -2.30. The summed E-state index contributed by atoms with van der Waals surface area (Å²) in [5, 5.41) is 13.4. The molecule has 172 valence electrons. The number of carbonyl (C=O) groups excluding carboxylic acids is 2. The first-order valence-corrected chi connectivity index (χ1v) is 10.7. The minimum atomic E-state index is -0.553. The van der Waals surface area contributed by atoms with Gasteiger partial charge in [0.15, 0.2) is 11.5 Å². The summed E-state index contributed by atoms with van der Waals surface area (Å²) in [6.45, 7) is 0.146. The van der Waals surface area contributed by atoms with E-state index in [1.54, 1.807) is 18.2 Å². The molecule has 3 aromatic rings. The van der Waals surface area contributed by atoms with Gasteiger partial charge in [-0.2, -0.15) is 0 Å². The molecular formula is C23H17BrN4O6. The molecule has 0 bridgehead atoms. The molecule has 2 aromatic carbocycles. The summed E-state index contributed by atoms with van der Waals surface area (Å²) in [6.07, 6.45) is 2.63. The molecule has 0 saturated carbocycles. The molecule has 1 aromatic heterocycles. The molecule has 10 nitrogen and oxygen atoms in total. The molecule has 1 aliphatic rings. The number of pyridine rings is 1. The van der Waals surface area contributed by atoms with Crippen LogP contribution in [-0.2, 0) is 11.3 Å². The maximum absolute atomic E-state index is 12.8. The van der Waals surface area contributed by atoms with Crippen LogP contribution in [0.3, 0.4) is 0 Å². The van der Waals surface area contributed by atoms with Crippen molar-refractivity contribution in [2.45, 2.75) is 6.54 Å². The SMILES string of the molecule is COc1cc(/C=C2/NC(=O)N(Cc3ccc(Br)cc3)C2=O)ccc1Oc1ccc([N+](=O)[O-])cn1. The fourth-order valence-corrected chi connectivity index (χ4v) is 3.43. The lowest BCUT2D eigenvalue weighted by Gasteiger charge is -2.12. The van der Waals surface area contributed by atoms with Gasteiger partial charge in [-0.3, -0.25) is 19.8 Å². The third-order valence-corrected chi connectivity index (χ3v) is 5.39. The van der Waals surface area contributed by atoms with Gasteiger partial charge < -0.3 is 14.8 Å². The van der Waals surface area contributed by atoms with Crippen molar-refractivity contribution in [2.24, 2.45) is 0 Å². The van der Waals surface area contributed by atoms with Gasteiger partial charge in [-0.15, -0.1) is 0 Å². The van der Waals surface area contributed by atoms with Gasteiger partial charge >= 0.3 is 6.03 Å². The van der Waals surface area contributed by atoms with Crippen molar-refractivity contribution in [1.29, 1.82) is 0 Å². The summed E-state index contributed by atoms with van der Waals surface area (Å²) >= 11 is 3.36. The quantitative estimate of drug-likeness (QED) is 0.206. The second-order valence-electron chi connectivity index (χ2n) is 7.13. The number of hydrogen-bond acceptors (Lipinski definition) is 7. The third-order valence-electron chi connectivity index (χ3n) is 4.86. The van der Waals surface area contributed by atoms with E-state index in [0.29, 0.717) is 17.1 Å². The average molecular weight is 525 g/mol. The largest absolute Gasteiger partial charge is 0.493 e. The summed E-state index contributed by atoms with van der Waals surface area (Å²) in [5.74, 6) is 0.377. The Bertz CT molecular complexity index is 1290. The first-order valence-electron chi connectivity index (χ1n) is 9.89. The van der Waals surface area contributed by atoms with Crippen molar-refractivity contribution in [3.8, 4) is 17.4 Å². The first-order chi connectivity index (χ1) is 16.3. The summed E-state index contributed by atoms with van der Waals surface area (Å²) in [4.78, 5) is 40.4. The van der Waals surface area contributed by atoms with Crippen molar-refractivity contribution >= 4 is 39.6 Å². The van der Waals surface area contributed by atoms with Gasteiger partial charge in [-0.25, -0.2) is 9.78 Å². The smallest absolute Gasteiger partial charge is 0.329 e. The molecule has 34 heavy (non-hydrogen) atoms. The highest BCUT2D eigenvalue weighted by atomic mass is 79.9. The summed E-state index contributed by atoms with van der Waals surface area (Å²) < 4.78 is 11.9. The van der Waals surface area contributed by atoms with E-state index in [0.717, 1.165) is 21.1 Å². The van der Waals surface area contributed by atoms with Gasteiger partial charge in [0, 0.05) is 16.6 Å². The number of nitrogens with one attached hydrogen (secondary N) is 1. The van der Waals surface area contributed by atoms with Crippen LogP contribution in [0.15, 0.2) is 71.0 Å². The van der Waals surface area contributed by atoms with Crippen molar-refractivity contribution in [3.05, 3.63) is 92.2 Å². The Balaban J connectivity index is 1.51. The van der Waals surface area contributed by atoms with E-state index in [1.165, 1.54) is 25.3 Å². The van der Waals surface area contributed by atoms with Gasteiger partial charge in [0.1, 0.15) is 11.9 Å². The lowest BCUT2D eigenvalue weighted by atomic mass is 10.1. The molecule has 0 atom stereocenters. The van der Waals surface area contributed by atoms with Crippen LogP contribution < -0.4 is 14.8 Å². The van der Waals surface area contributed by atoms with Crippen LogP contribution in [0.4, 0.5) is 10.5 Å². The molecule has 3 amide bonds. The molecule has 0 aliphatic carbocycles. The topological polar surface area (TPSA) is 124 Å². The Morgan fingerprint density at radius 2 is 1.88 bits per heavy atom. The van der Waals surface area contributed by atoms with E-state index in [4.69, 9.17) is 9.47 Å². The van der Waals surface area contributed by atoms with Crippen LogP contribution in [0.5, 0.6) is 17.4 Å². The molecule has 0 spiro atoms. The number of carbonyl (C=O) groups is 2. The Hall–Kier alpha value is -4.25. The second kappa shape index (κ2) is 9.71. The molecule has 0 radical (unpaired) electrons. The standard InChI is InChI=1S/C23H17BrN4O6/c1-33-20-11-15(4-8-19(20)34-21-9-7-17(12-25-21)28(31)32)10-18-22(29)27(23(30)26-18)13-14-2-5-16(24)6-3-14/h2-12H,13H2,1H3,(H,26,30)/b18-10+. The fourth-order valence-electron chi connectivity index (χ4n) is 3.17. The fraction of sp³-hybridized carbons (Fsp3) is 0.0870. The highest BCUT2D eigenvalue weighted by Crippen LogP contribution is 2.33. The number of nitrogens with zero attached hydrogens (tertiary/aromatic N) is 3. The zero-order valence-electron chi connectivity index (χ0n) is 17.7. The molecule has 0 unspecified atom stereocenters. The number of ether oxygens (including phenoxy) is 2. The zero-order valence-corrected chi connectivity index (χ0v) is 19.3. The van der Waals surface area contributed by atoms with E-state index in [1.807, 2.05) is 24.3 Å². The number of hydrogen-bond donors (Lipinski definition) is 1. The van der Waals surface area contributed by atoms with Crippen molar-refractivity contribution in [3.63, 3.8) is 0 Å². The molecular weight excluding hydrogens is 508 g/mol. The maximum atomic E-state index is 12.8. The number of methoxy groups -OCH3 is 1. The Kier molecular flexibility index (Phi) is 6.55. The lowest BCUT2D eigenvalue weighted by molar-refractivity contribution is -0.385. The number of imide groups is 1. The van der Waals surface area contributed by atoms with Crippen molar-refractivity contribution in [1.82, 2.24) is 15.2 Å². The predicted octanol–water partition coefficient (Wildman–Crippen LogP) is 4.65. The van der Waals surface area contributed by atoms with Gasteiger partial charge in [-0.1, -0.05) is 34.1 Å². The molecule has 1 N–H and O–H groups in total. The van der Waals surface area contributed by atoms with E-state index in [9.17, 15) is 19.7 Å². The number of benzene rings is 2. The summed E-state index contributed by atoms with van der Waals surface area (Å²) in [7, 11) is 1.45. The number of urea groups is 1. The minimum absolute atomic E-state index is 0.134. The number of rotatable bonds is 7. The average Bonchev–Trinajstić information content (AvgIpc) is 3.09. The van der Waals surface area contributed by atoms with Crippen LogP contribution in [0.1, 0.15) is 11.1 Å². The molecule has 11 heteroatoms. The Morgan fingerprint density at radius 1 is 1.12 bits per heavy atom. The van der Waals surface area contributed by atoms with Crippen LogP contribution in [0.25, 0.3) is 6.08 Å². The number of aromatic nitrogens is 1. The van der Waals surface area contributed by atoms with E-state index < -0.39 is 16.9 Å². The molecule has 4 rings (SSSR count). The third kappa shape index (κ3) is 5.04. The highest BCUT2D eigenvalue weighted by Gasteiger charge is 2.33. The van der Waals surface area contributed by atoms with E-state index in [2.05, 4.69) is 26.2 Å². The van der Waals surface area contributed by atoms with E-state index in [-0.39, 0.29) is 23.8 Å².